The number of nitrogens with one attached hydrogen (secondary N) is 1. The summed E-state index contributed by atoms with van der Waals surface area (Å²) in [5.41, 5.74) is 3.83. The molecule has 0 radical (unpaired) electrons. The fourth-order valence-electron chi connectivity index (χ4n) is 2.19. The van der Waals surface area contributed by atoms with Gasteiger partial charge in [-0.05, 0) is 43.7 Å². The smallest absolute Gasteiger partial charge is 0.0481 e. The van der Waals surface area contributed by atoms with Crippen molar-refractivity contribution in [2.24, 2.45) is 0 Å². The quantitative estimate of drug-likeness (QED) is 0.773. The zero-order valence-corrected chi connectivity index (χ0v) is 11.7. The molecule has 0 spiro atoms. The predicted molar refractivity (Wildman–Crippen MR) is 78.7 cm³/mol. The van der Waals surface area contributed by atoms with Gasteiger partial charge in [0.2, 0.25) is 0 Å². The largest absolute Gasteiger partial charge is 0.385 e. The number of aromatic nitrogens is 1. The molecular weight excluding hydrogens is 236 g/mol. The topological polar surface area (TPSA) is 26.2 Å². The van der Waals surface area contributed by atoms with E-state index in [0.29, 0.717) is 0 Å². The summed E-state index contributed by atoms with van der Waals surface area (Å²) in [5, 5.41) is 3.45. The molecule has 3 heteroatoms. The summed E-state index contributed by atoms with van der Waals surface area (Å²) >= 11 is 0. The first-order valence-electron chi connectivity index (χ1n) is 6.75. The van der Waals surface area contributed by atoms with Crippen molar-refractivity contribution >= 4 is 0 Å². The highest BCUT2D eigenvalue weighted by Crippen LogP contribution is 2.16. The van der Waals surface area contributed by atoms with Crippen LogP contribution in [0.5, 0.6) is 0 Å². The predicted octanol–water partition coefficient (Wildman–Crippen LogP) is 2.91. The Hall–Kier alpha value is -1.58. The second-order valence-corrected chi connectivity index (χ2v) is 4.68. The molecular formula is C16H22N2O. The van der Waals surface area contributed by atoms with Crippen LogP contribution in [0, 0.1) is 6.92 Å². The lowest BCUT2D eigenvalue weighted by atomic mass is 10.2. The standard InChI is InChI=1S/C16H22N2O/c1-14-7-3-4-9-16(14)18-11-5-8-15(18)13-17-10-6-12-19-2/h3-5,7-9,11,17H,6,10,12-13H2,1-2H3. The molecule has 0 saturated heterocycles. The highest BCUT2D eigenvalue weighted by molar-refractivity contribution is 5.42. The number of hydrogen-bond donors (Lipinski definition) is 1. The maximum atomic E-state index is 5.04. The van der Waals surface area contributed by atoms with Crippen LogP contribution in [-0.4, -0.2) is 24.8 Å². The average Bonchev–Trinajstić information content (AvgIpc) is 2.87. The Bertz CT molecular complexity index is 505. The van der Waals surface area contributed by atoms with E-state index < -0.39 is 0 Å². The van der Waals surface area contributed by atoms with Gasteiger partial charge in [-0.1, -0.05) is 18.2 Å². The molecule has 102 valence electrons. The Labute approximate surface area is 115 Å². The van der Waals surface area contributed by atoms with Crippen LogP contribution >= 0.6 is 0 Å². The number of rotatable bonds is 7. The molecule has 1 aromatic carbocycles. The number of nitrogens with zero attached hydrogens (tertiary/aromatic N) is 1. The average molecular weight is 258 g/mol. The van der Waals surface area contributed by atoms with Gasteiger partial charge in [-0.2, -0.15) is 0 Å². The first-order chi connectivity index (χ1) is 9.33. The van der Waals surface area contributed by atoms with Gasteiger partial charge in [0.15, 0.2) is 0 Å². The summed E-state index contributed by atoms with van der Waals surface area (Å²) in [4.78, 5) is 0. The summed E-state index contributed by atoms with van der Waals surface area (Å²) in [5.74, 6) is 0. The van der Waals surface area contributed by atoms with Gasteiger partial charge < -0.3 is 14.6 Å². The molecule has 0 atom stereocenters. The SMILES string of the molecule is COCCCNCc1cccn1-c1ccccc1C. The zero-order valence-electron chi connectivity index (χ0n) is 11.7. The Morgan fingerprint density at radius 3 is 2.79 bits per heavy atom. The third-order valence-corrected chi connectivity index (χ3v) is 3.22. The van der Waals surface area contributed by atoms with Crippen molar-refractivity contribution in [1.82, 2.24) is 9.88 Å². The van der Waals surface area contributed by atoms with Crippen LogP contribution < -0.4 is 5.32 Å². The lowest BCUT2D eigenvalue weighted by molar-refractivity contribution is 0.194. The molecule has 0 saturated carbocycles. The van der Waals surface area contributed by atoms with Crippen molar-refractivity contribution in [1.29, 1.82) is 0 Å². The molecule has 0 aliphatic rings. The molecule has 1 aromatic heterocycles. The lowest BCUT2D eigenvalue weighted by Gasteiger charge is -2.12. The highest BCUT2D eigenvalue weighted by Gasteiger charge is 2.04. The third-order valence-electron chi connectivity index (χ3n) is 3.22. The number of methoxy groups -OCH3 is 1. The maximum absolute atomic E-state index is 5.04. The van der Waals surface area contributed by atoms with Gasteiger partial charge in [-0.15, -0.1) is 0 Å². The Morgan fingerprint density at radius 1 is 1.16 bits per heavy atom. The molecule has 0 aliphatic carbocycles. The summed E-state index contributed by atoms with van der Waals surface area (Å²) in [7, 11) is 1.74. The molecule has 19 heavy (non-hydrogen) atoms. The van der Waals surface area contributed by atoms with Crippen LogP contribution in [0.2, 0.25) is 0 Å². The summed E-state index contributed by atoms with van der Waals surface area (Å²) in [6.45, 7) is 4.81. The van der Waals surface area contributed by atoms with E-state index in [0.717, 1.165) is 26.1 Å². The van der Waals surface area contributed by atoms with Crippen molar-refractivity contribution in [3.05, 3.63) is 53.9 Å². The van der Waals surface area contributed by atoms with Gasteiger partial charge in [0.25, 0.3) is 0 Å². The number of ether oxygens (including phenoxy) is 1. The fourth-order valence-corrected chi connectivity index (χ4v) is 2.19. The minimum absolute atomic E-state index is 0.811. The Morgan fingerprint density at radius 2 is 2.00 bits per heavy atom. The van der Waals surface area contributed by atoms with Gasteiger partial charge in [0.1, 0.15) is 0 Å². The molecule has 2 rings (SSSR count). The van der Waals surface area contributed by atoms with Crippen LogP contribution in [0.25, 0.3) is 5.69 Å². The molecule has 0 aliphatic heterocycles. The van der Waals surface area contributed by atoms with E-state index >= 15 is 0 Å². The van der Waals surface area contributed by atoms with Crippen LogP contribution in [0.3, 0.4) is 0 Å². The van der Waals surface area contributed by atoms with Crippen LogP contribution in [-0.2, 0) is 11.3 Å². The van der Waals surface area contributed by atoms with Crippen molar-refractivity contribution in [2.45, 2.75) is 19.9 Å². The van der Waals surface area contributed by atoms with Crippen molar-refractivity contribution in [3.8, 4) is 5.69 Å². The van der Waals surface area contributed by atoms with E-state index in [1.165, 1.54) is 16.9 Å². The zero-order chi connectivity index (χ0) is 13.5. The van der Waals surface area contributed by atoms with E-state index in [2.05, 4.69) is 59.4 Å². The molecule has 1 N–H and O–H groups in total. The summed E-state index contributed by atoms with van der Waals surface area (Å²) < 4.78 is 7.29. The normalized spacial score (nSPS) is 10.8. The summed E-state index contributed by atoms with van der Waals surface area (Å²) in [6.07, 6.45) is 3.16. The number of benzene rings is 1. The molecule has 2 aromatic rings. The van der Waals surface area contributed by atoms with Crippen molar-refractivity contribution < 1.29 is 4.74 Å². The minimum atomic E-state index is 0.811. The summed E-state index contributed by atoms with van der Waals surface area (Å²) in [6, 6.07) is 12.7. The maximum Gasteiger partial charge on any atom is 0.0481 e. The van der Waals surface area contributed by atoms with Gasteiger partial charge in [0.05, 0.1) is 0 Å². The molecule has 0 fully saturated rings. The Kier molecular flexibility index (Phi) is 5.19. The fraction of sp³-hybridized carbons (Fsp3) is 0.375. The lowest BCUT2D eigenvalue weighted by Crippen LogP contribution is -2.18. The van der Waals surface area contributed by atoms with Gasteiger partial charge >= 0.3 is 0 Å². The number of hydrogen-bond acceptors (Lipinski definition) is 2. The Balaban J connectivity index is 2.00. The van der Waals surface area contributed by atoms with E-state index in [1.54, 1.807) is 7.11 Å². The first kappa shape index (κ1) is 13.8. The third kappa shape index (κ3) is 3.69. The van der Waals surface area contributed by atoms with Crippen LogP contribution in [0.4, 0.5) is 0 Å². The second kappa shape index (κ2) is 7.12. The monoisotopic (exact) mass is 258 g/mol. The van der Waals surface area contributed by atoms with E-state index in [9.17, 15) is 0 Å². The van der Waals surface area contributed by atoms with E-state index in [-0.39, 0.29) is 0 Å². The minimum Gasteiger partial charge on any atom is -0.385 e. The van der Waals surface area contributed by atoms with Gasteiger partial charge in [-0.3, -0.25) is 0 Å². The highest BCUT2D eigenvalue weighted by atomic mass is 16.5. The van der Waals surface area contributed by atoms with Crippen molar-refractivity contribution in [3.63, 3.8) is 0 Å². The van der Waals surface area contributed by atoms with E-state index in [4.69, 9.17) is 4.74 Å². The van der Waals surface area contributed by atoms with Crippen LogP contribution in [0.1, 0.15) is 17.7 Å². The first-order valence-corrected chi connectivity index (χ1v) is 6.75. The molecule has 1 heterocycles. The molecule has 0 bridgehead atoms. The molecule has 3 nitrogen and oxygen atoms in total. The second-order valence-electron chi connectivity index (χ2n) is 4.68. The number of para-hydroxylation sites is 1. The van der Waals surface area contributed by atoms with Crippen LogP contribution in [0.15, 0.2) is 42.6 Å². The molecule has 0 unspecified atom stereocenters. The number of aryl methyl sites for hydroxylation is 1. The molecule has 0 amide bonds. The van der Waals surface area contributed by atoms with Gasteiger partial charge in [0, 0.05) is 37.8 Å². The van der Waals surface area contributed by atoms with E-state index in [1.807, 2.05) is 0 Å². The van der Waals surface area contributed by atoms with Gasteiger partial charge in [-0.25, -0.2) is 0 Å². The van der Waals surface area contributed by atoms with Crippen molar-refractivity contribution in [2.75, 3.05) is 20.3 Å².